The highest BCUT2D eigenvalue weighted by molar-refractivity contribution is 6.31. The molecule has 1 fully saturated rings. The normalized spacial score (nSPS) is 14.5. The molecule has 0 saturated carbocycles. The van der Waals surface area contributed by atoms with Crippen LogP contribution in [0.5, 0.6) is 0 Å². The Kier molecular flexibility index (Phi) is 7.94. The number of anilines is 1. The number of furan rings is 1. The van der Waals surface area contributed by atoms with Crippen LogP contribution in [-0.2, 0) is 4.79 Å². The van der Waals surface area contributed by atoms with Gasteiger partial charge in [0.25, 0.3) is 5.91 Å². The zero-order valence-corrected chi connectivity index (χ0v) is 18.6. The molecule has 1 aromatic heterocycles. The molecule has 0 spiro atoms. The molecule has 2 heterocycles. The van der Waals surface area contributed by atoms with Crippen LogP contribution in [0.3, 0.4) is 0 Å². The van der Waals surface area contributed by atoms with Gasteiger partial charge in [0.15, 0.2) is 11.7 Å². The third-order valence-electron chi connectivity index (χ3n) is 5.08. The summed E-state index contributed by atoms with van der Waals surface area (Å²) < 4.78 is 5.21. The first-order valence-corrected chi connectivity index (χ1v) is 10.8. The molecule has 0 radical (unpaired) electrons. The molecule has 0 aliphatic carbocycles. The fourth-order valence-electron chi connectivity index (χ4n) is 3.32. The first-order valence-electron chi connectivity index (χ1n) is 10.4. The van der Waals surface area contributed by atoms with Crippen LogP contribution in [0.2, 0.25) is 5.02 Å². The van der Waals surface area contributed by atoms with Crippen LogP contribution in [0.15, 0.2) is 46.0 Å². The van der Waals surface area contributed by atoms with Crippen molar-refractivity contribution in [2.24, 2.45) is 4.99 Å². The van der Waals surface area contributed by atoms with Gasteiger partial charge in [-0.3, -0.25) is 14.6 Å². The Morgan fingerprint density at radius 2 is 1.87 bits per heavy atom. The van der Waals surface area contributed by atoms with Gasteiger partial charge in [0, 0.05) is 49.9 Å². The molecule has 3 rings (SSSR count). The van der Waals surface area contributed by atoms with Gasteiger partial charge in [-0.1, -0.05) is 17.7 Å². The van der Waals surface area contributed by atoms with Crippen molar-refractivity contribution in [3.05, 3.63) is 52.9 Å². The number of rotatable bonds is 6. The molecule has 31 heavy (non-hydrogen) atoms. The van der Waals surface area contributed by atoms with Crippen molar-refractivity contribution in [1.82, 2.24) is 15.1 Å². The van der Waals surface area contributed by atoms with Crippen molar-refractivity contribution in [3.8, 4) is 0 Å². The summed E-state index contributed by atoms with van der Waals surface area (Å²) in [4.78, 5) is 33.2. The minimum atomic E-state index is -0.112. The van der Waals surface area contributed by atoms with Crippen LogP contribution in [-0.4, -0.2) is 66.8 Å². The number of hydrogen-bond acceptors (Lipinski definition) is 4. The summed E-state index contributed by atoms with van der Waals surface area (Å²) in [7, 11) is 0. The summed E-state index contributed by atoms with van der Waals surface area (Å²) in [5, 5.41) is 6.78. The van der Waals surface area contributed by atoms with Gasteiger partial charge in [-0.05, 0) is 43.7 Å². The number of benzene rings is 1. The second-order valence-electron chi connectivity index (χ2n) is 7.20. The highest BCUT2D eigenvalue weighted by Gasteiger charge is 2.25. The molecule has 166 valence electrons. The van der Waals surface area contributed by atoms with Gasteiger partial charge in [0.2, 0.25) is 5.91 Å². The van der Waals surface area contributed by atoms with E-state index in [1.165, 1.54) is 6.26 Å². The van der Waals surface area contributed by atoms with E-state index in [2.05, 4.69) is 20.5 Å². The third-order valence-corrected chi connectivity index (χ3v) is 5.48. The van der Waals surface area contributed by atoms with Crippen molar-refractivity contribution in [3.63, 3.8) is 0 Å². The molecule has 0 unspecified atom stereocenters. The molecule has 2 N–H and O–H groups in total. The molecule has 1 saturated heterocycles. The molecular weight excluding hydrogens is 418 g/mol. The van der Waals surface area contributed by atoms with E-state index in [9.17, 15) is 9.59 Å². The van der Waals surface area contributed by atoms with E-state index in [1.54, 1.807) is 23.1 Å². The number of guanidine groups is 1. The molecule has 2 aromatic rings. The number of aliphatic imine (C=N–C) groups is 1. The monoisotopic (exact) mass is 445 g/mol. The average Bonchev–Trinajstić information content (AvgIpc) is 3.31. The summed E-state index contributed by atoms with van der Waals surface area (Å²) in [5.74, 6) is 0.896. The summed E-state index contributed by atoms with van der Waals surface area (Å²) in [6, 6.07) is 8.82. The standard InChI is InChI=1S/C22H28ClN5O3/c1-3-24-22(25-10-9-20(29)26-18-7-4-6-17(23)16(18)2)28-13-11-27(12-14-28)21(30)19-8-5-15-31-19/h4-8,15H,3,9-14H2,1-2H3,(H,24,25)(H,26,29). The topological polar surface area (TPSA) is 90.2 Å². The number of amides is 2. The lowest BCUT2D eigenvalue weighted by molar-refractivity contribution is -0.116. The number of carbonyl (C=O) groups excluding carboxylic acids is 2. The van der Waals surface area contributed by atoms with Crippen molar-refractivity contribution in [2.45, 2.75) is 20.3 Å². The Labute approximate surface area is 187 Å². The van der Waals surface area contributed by atoms with Gasteiger partial charge in [0.1, 0.15) is 0 Å². The van der Waals surface area contributed by atoms with Gasteiger partial charge in [-0.2, -0.15) is 0 Å². The Morgan fingerprint density at radius 3 is 2.55 bits per heavy atom. The number of nitrogens with one attached hydrogen (secondary N) is 2. The maximum Gasteiger partial charge on any atom is 0.289 e. The number of hydrogen-bond donors (Lipinski definition) is 2. The lowest BCUT2D eigenvalue weighted by atomic mass is 10.2. The zero-order chi connectivity index (χ0) is 22.2. The predicted octanol–water partition coefficient (Wildman–Crippen LogP) is 2.99. The maximum absolute atomic E-state index is 12.4. The van der Waals surface area contributed by atoms with Crippen molar-refractivity contribution in [2.75, 3.05) is 44.6 Å². The van der Waals surface area contributed by atoms with E-state index in [0.29, 0.717) is 49.2 Å². The number of carbonyl (C=O) groups is 2. The first-order chi connectivity index (χ1) is 15.0. The molecule has 1 aliphatic rings. The van der Waals surface area contributed by atoms with Gasteiger partial charge >= 0.3 is 0 Å². The van der Waals surface area contributed by atoms with Crippen LogP contribution in [0.25, 0.3) is 0 Å². The number of piperazine rings is 1. The van der Waals surface area contributed by atoms with Crippen LogP contribution in [0, 0.1) is 6.92 Å². The highest BCUT2D eigenvalue weighted by Crippen LogP contribution is 2.23. The lowest BCUT2D eigenvalue weighted by Crippen LogP contribution is -2.53. The summed E-state index contributed by atoms with van der Waals surface area (Å²) >= 11 is 6.11. The smallest absolute Gasteiger partial charge is 0.289 e. The van der Waals surface area contributed by atoms with E-state index in [1.807, 2.05) is 26.0 Å². The van der Waals surface area contributed by atoms with E-state index in [0.717, 1.165) is 18.1 Å². The quantitative estimate of drug-likeness (QED) is 0.527. The van der Waals surface area contributed by atoms with Gasteiger partial charge < -0.3 is 24.9 Å². The van der Waals surface area contributed by atoms with Crippen LogP contribution >= 0.6 is 11.6 Å². The fourth-order valence-corrected chi connectivity index (χ4v) is 3.50. The Balaban J connectivity index is 1.51. The lowest BCUT2D eigenvalue weighted by Gasteiger charge is -2.36. The van der Waals surface area contributed by atoms with E-state index < -0.39 is 0 Å². The summed E-state index contributed by atoms with van der Waals surface area (Å²) in [6.45, 7) is 7.43. The fraction of sp³-hybridized carbons (Fsp3) is 0.409. The highest BCUT2D eigenvalue weighted by atomic mass is 35.5. The van der Waals surface area contributed by atoms with E-state index in [-0.39, 0.29) is 18.2 Å². The van der Waals surface area contributed by atoms with Gasteiger partial charge in [-0.15, -0.1) is 0 Å². The Bertz CT molecular complexity index is 921. The minimum absolute atomic E-state index is 0.0976. The number of nitrogens with zero attached hydrogens (tertiary/aromatic N) is 3. The van der Waals surface area contributed by atoms with Crippen molar-refractivity contribution < 1.29 is 14.0 Å². The largest absolute Gasteiger partial charge is 0.459 e. The van der Waals surface area contributed by atoms with Crippen molar-refractivity contribution in [1.29, 1.82) is 0 Å². The average molecular weight is 446 g/mol. The molecule has 1 aromatic carbocycles. The SMILES string of the molecule is CCNC(=NCCC(=O)Nc1cccc(Cl)c1C)N1CCN(C(=O)c2ccco2)CC1. The molecule has 0 atom stereocenters. The van der Waals surface area contributed by atoms with E-state index in [4.69, 9.17) is 16.0 Å². The molecule has 2 amide bonds. The van der Waals surface area contributed by atoms with E-state index >= 15 is 0 Å². The number of halogens is 1. The molecule has 0 bridgehead atoms. The maximum atomic E-state index is 12.4. The van der Waals surface area contributed by atoms with Gasteiger partial charge in [-0.25, -0.2) is 0 Å². The Hall–Kier alpha value is -3.00. The summed E-state index contributed by atoms with van der Waals surface area (Å²) in [6.07, 6.45) is 1.76. The first kappa shape index (κ1) is 22.7. The minimum Gasteiger partial charge on any atom is -0.459 e. The van der Waals surface area contributed by atoms with Crippen LogP contribution < -0.4 is 10.6 Å². The molecule has 8 nitrogen and oxygen atoms in total. The van der Waals surface area contributed by atoms with Crippen LogP contribution in [0.4, 0.5) is 5.69 Å². The zero-order valence-electron chi connectivity index (χ0n) is 17.9. The predicted molar refractivity (Wildman–Crippen MR) is 122 cm³/mol. The third kappa shape index (κ3) is 6.01. The second-order valence-corrected chi connectivity index (χ2v) is 7.61. The molecule has 9 heteroatoms. The van der Waals surface area contributed by atoms with Crippen molar-refractivity contribution >= 4 is 35.1 Å². The molecular formula is C22H28ClN5O3. The van der Waals surface area contributed by atoms with Crippen LogP contribution in [0.1, 0.15) is 29.5 Å². The van der Waals surface area contributed by atoms with Gasteiger partial charge in [0.05, 0.1) is 12.8 Å². The second kappa shape index (κ2) is 10.9. The summed E-state index contributed by atoms with van der Waals surface area (Å²) in [5.41, 5.74) is 1.56. The Morgan fingerprint density at radius 1 is 1.13 bits per heavy atom. The molecule has 1 aliphatic heterocycles.